The van der Waals surface area contributed by atoms with E-state index in [9.17, 15) is 9.59 Å². The molecule has 0 radical (unpaired) electrons. The number of aromatic nitrogens is 4. The number of hydrogen-bond donors (Lipinski definition) is 2. The van der Waals surface area contributed by atoms with Crippen LogP contribution in [-0.2, 0) is 17.6 Å². The molecule has 2 aliphatic rings. The van der Waals surface area contributed by atoms with E-state index in [1.165, 1.54) is 36.8 Å². The monoisotopic (exact) mass is 421 g/mol. The summed E-state index contributed by atoms with van der Waals surface area (Å²) in [6.07, 6.45) is 11.7. The lowest BCUT2D eigenvalue weighted by Crippen LogP contribution is -2.21. The second kappa shape index (κ2) is 8.53. The molecule has 5 rings (SSSR count). The van der Waals surface area contributed by atoms with Crippen LogP contribution in [0.1, 0.15) is 62.6 Å². The summed E-state index contributed by atoms with van der Waals surface area (Å²) in [5.41, 5.74) is 1.99. The van der Waals surface area contributed by atoms with Gasteiger partial charge >= 0.3 is 0 Å². The molecule has 0 bridgehead atoms. The van der Waals surface area contributed by atoms with Crippen LogP contribution in [0.2, 0.25) is 0 Å². The number of H-pyrrole nitrogens is 1. The Labute approximate surface area is 180 Å². The molecule has 3 aromatic rings. The number of aryl methyl sites for hydroxylation is 1. The van der Waals surface area contributed by atoms with Crippen molar-refractivity contribution in [3.63, 3.8) is 0 Å². The number of fused-ring (bicyclic) bond motifs is 1. The molecule has 3 heterocycles. The van der Waals surface area contributed by atoms with Crippen LogP contribution < -0.4 is 10.9 Å². The average Bonchev–Trinajstić information content (AvgIpc) is 3.53. The second-order valence-electron chi connectivity index (χ2n) is 8.56. The number of amides is 1. The molecule has 0 aliphatic heterocycles. The van der Waals surface area contributed by atoms with Crippen molar-refractivity contribution in [2.45, 2.75) is 64.2 Å². The second-order valence-corrected chi connectivity index (χ2v) is 8.56. The largest absolute Gasteiger partial charge is 0.463 e. The SMILES string of the molecule is O=C(CCC1CCCCC1)Nc1cc(-c2ccco2)nn1-c1nc2c(c(=O)[nH]1)CCC2. The van der Waals surface area contributed by atoms with Gasteiger partial charge in [-0.1, -0.05) is 32.1 Å². The maximum absolute atomic E-state index is 12.7. The number of carbonyl (C=O) groups is 1. The van der Waals surface area contributed by atoms with Gasteiger partial charge in [0.25, 0.3) is 5.56 Å². The van der Waals surface area contributed by atoms with E-state index in [2.05, 4.69) is 20.4 Å². The Balaban J connectivity index is 1.41. The fourth-order valence-corrected chi connectivity index (χ4v) is 4.72. The molecule has 31 heavy (non-hydrogen) atoms. The van der Waals surface area contributed by atoms with E-state index in [1.54, 1.807) is 24.5 Å². The molecular formula is C23H27N5O3. The van der Waals surface area contributed by atoms with Crippen molar-refractivity contribution in [3.05, 3.63) is 46.1 Å². The third kappa shape index (κ3) is 4.19. The van der Waals surface area contributed by atoms with E-state index < -0.39 is 0 Å². The van der Waals surface area contributed by atoms with Crippen LogP contribution in [0.3, 0.4) is 0 Å². The summed E-state index contributed by atoms with van der Waals surface area (Å²) in [4.78, 5) is 32.7. The number of hydrogen-bond acceptors (Lipinski definition) is 5. The summed E-state index contributed by atoms with van der Waals surface area (Å²) in [5, 5.41) is 7.54. The van der Waals surface area contributed by atoms with Crippen LogP contribution in [0.4, 0.5) is 5.82 Å². The number of rotatable bonds is 6. The molecule has 2 N–H and O–H groups in total. The lowest BCUT2D eigenvalue weighted by Gasteiger charge is -2.21. The standard InChI is InChI=1S/C23H27N5O3/c29-21(12-11-15-6-2-1-3-7-15)25-20-14-18(19-10-5-13-31-19)27-28(20)23-24-17-9-4-8-16(17)22(30)26-23/h5,10,13-15H,1-4,6-9,11-12H2,(H,25,29)(H,24,26,30). The van der Waals surface area contributed by atoms with Crippen molar-refractivity contribution in [1.29, 1.82) is 0 Å². The van der Waals surface area contributed by atoms with Crippen molar-refractivity contribution in [3.8, 4) is 17.4 Å². The first-order valence-electron chi connectivity index (χ1n) is 11.2. The maximum Gasteiger partial charge on any atom is 0.255 e. The molecule has 3 aromatic heterocycles. The molecule has 0 aromatic carbocycles. The zero-order valence-electron chi connectivity index (χ0n) is 17.5. The van der Waals surface area contributed by atoms with Gasteiger partial charge in [0.2, 0.25) is 11.9 Å². The minimum Gasteiger partial charge on any atom is -0.463 e. The zero-order chi connectivity index (χ0) is 21.2. The van der Waals surface area contributed by atoms with E-state index >= 15 is 0 Å². The first-order chi connectivity index (χ1) is 15.2. The van der Waals surface area contributed by atoms with Crippen LogP contribution in [0.15, 0.2) is 33.7 Å². The third-order valence-electron chi connectivity index (χ3n) is 6.38. The molecule has 8 heteroatoms. The van der Waals surface area contributed by atoms with Crippen LogP contribution in [-0.4, -0.2) is 25.7 Å². The molecular weight excluding hydrogens is 394 g/mol. The van der Waals surface area contributed by atoms with Gasteiger partial charge in [0.1, 0.15) is 11.5 Å². The molecule has 0 unspecified atom stereocenters. The van der Waals surface area contributed by atoms with Gasteiger partial charge in [-0.05, 0) is 43.7 Å². The molecule has 0 saturated heterocycles. The fourth-order valence-electron chi connectivity index (χ4n) is 4.72. The number of aromatic amines is 1. The van der Waals surface area contributed by atoms with E-state index in [4.69, 9.17) is 4.42 Å². The molecule has 0 atom stereocenters. The molecule has 162 valence electrons. The number of furan rings is 1. The van der Waals surface area contributed by atoms with Gasteiger partial charge < -0.3 is 9.73 Å². The number of nitrogens with zero attached hydrogens (tertiary/aromatic N) is 3. The summed E-state index contributed by atoms with van der Waals surface area (Å²) in [6.45, 7) is 0. The Morgan fingerprint density at radius 2 is 2.10 bits per heavy atom. The van der Waals surface area contributed by atoms with Gasteiger partial charge in [-0.3, -0.25) is 14.6 Å². The van der Waals surface area contributed by atoms with Crippen LogP contribution in [0, 0.1) is 5.92 Å². The van der Waals surface area contributed by atoms with E-state index in [-0.39, 0.29) is 11.5 Å². The Morgan fingerprint density at radius 3 is 2.90 bits per heavy atom. The Bertz CT molecular complexity index is 1120. The summed E-state index contributed by atoms with van der Waals surface area (Å²) in [7, 11) is 0. The minimum absolute atomic E-state index is 0.0544. The van der Waals surface area contributed by atoms with E-state index in [0.29, 0.717) is 35.6 Å². The van der Waals surface area contributed by atoms with Crippen molar-refractivity contribution < 1.29 is 9.21 Å². The van der Waals surface area contributed by atoms with Gasteiger partial charge in [-0.15, -0.1) is 0 Å². The van der Waals surface area contributed by atoms with Crippen molar-refractivity contribution in [1.82, 2.24) is 19.7 Å². The molecule has 1 fully saturated rings. The highest BCUT2D eigenvalue weighted by Crippen LogP contribution is 2.28. The number of nitrogens with one attached hydrogen (secondary N) is 2. The third-order valence-corrected chi connectivity index (χ3v) is 6.38. The molecule has 1 saturated carbocycles. The van der Waals surface area contributed by atoms with Crippen LogP contribution in [0.5, 0.6) is 0 Å². The zero-order valence-corrected chi connectivity index (χ0v) is 17.5. The predicted octanol–water partition coefficient (Wildman–Crippen LogP) is 4.00. The topological polar surface area (TPSA) is 106 Å². The smallest absolute Gasteiger partial charge is 0.255 e. The summed E-state index contributed by atoms with van der Waals surface area (Å²) < 4.78 is 6.97. The molecule has 8 nitrogen and oxygen atoms in total. The van der Waals surface area contributed by atoms with Gasteiger partial charge in [-0.25, -0.2) is 4.98 Å². The molecule has 0 spiro atoms. The summed E-state index contributed by atoms with van der Waals surface area (Å²) >= 11 is 0. The van der Waals surface area contributed by atoms with E-state index in [0.717, 1.165) is 36.9 Å². The van der Waals surface area contributed by atoms with E-state index in [1.807, 2.05) is 0 Å². The lowest BCUT2D eigenvalue weighted by molar-refractivity contribution is -0.116. The number of carbonyl (C=O) groups excluding carboxylic acids is 1. The summed E-state index contributed by atoms with van der Waals surface area (Å²) in [6, 6.07) is 5.34. The maximum atomic E-state index is 12.7. The van der Waals surface area contributed by atoms with Crippen LogP contribution >= 0.6 is 0 Å². The molecule has 2 aliphatic carbocycles. The first kappa shape index (κ1) is 19.8. The van der Waals surface area contributed by atoms with Gasteiger partial charge in [-0.2, -0.15) is 9.78 Å². The quantitative estimate of drug-likeness (QED) is 0.626. The van der Waals surface area contributed by atoms with Gasteiger partial charge in [0.15, 0.2) is 5.76 Å². The lowest BCUT2D eigenvalue weighted by atomic mass is 9.86. The number of anilines is 1. The summed E-state index contributed by atoms with van der Waals surface area (Å²) in [5.74, 6) is 1.95. The predicted molar refractivity (Wildman–Crippen MR) is 116 cm³/mol. The van der Waals surface area contributed by atoms with Crippen LogP contribution in [0.25, 0.3) is 17.4 Å². The highest BCUT2D eigenvalue weighted by atomic mass is 16.3. The van der Waals surface area contributed by atoms with Crippen molar-refractivity contribution in [2.24, 2.45) is 5.92 Å². The molecule has 1 amide bonds. The Morgan fingerprint density at radius 1 is 1.23 bits per heavy atom. The first-order valence-corrected chi connectivity index (χ1v) is 11.2. The minimum atomic E-state index is -0.137. The van der Waals surface area contributed by atoms with Gasteiger partial charge in [0.05, 0.1) is 12.0 Å². The Hall–Kier alpha value is -3.16. The van der Waals surface area contributed by atoms with Gasteiger partial charge in [0, 0.05) is 18.1 Å². The average molecular weight is 422 g/mol. The normalized spacial score (nSPS) is 16.4. The highest BCUT2D eigenvalue weighted by Gasteiger charge is 2.22. The van der Waals surface area contributed by atoms with Crippen molar-refractivity contribution in [2.75, 3.05) is 5.32 Å². The Kier molecular flexibility index (Phi) is 5.44. The highest BCUT2D eigenvalue weighted by molar-refractivity contribution is 5.90. The fraction of sp³-hybridized carbons (Fsp3) is 0.478. The van der Waals surface area contributed by atoms with Crippen molar-refractivity contribution >= 4 is 11.7 Å².